The number of benzene rings is 3. The van der Waals surface area contributed by atoms with Crippen LogP contribution in [0.5, 0.6) is 11.5 Å². The fourth-order valence-electron chi connectivity index (χ4n) is 2.88. The molecule has 0 radical (unpaired) electrons. The van der Waals surface area contributed by atoms with E-state index < -0.39 is 0 Å². The number of halogens is 1. The lowest BCUT2D eigenvalue weighted by Gasteiger charge is -2.16. The predicted octanol–water partition coefficient (Wildman–Crippen LogP) is 5.73. The Bertz CT molecular complexity index is 1020. The maximum atomic E-state index is 12.6. The fourth-order valence-corrected chi connectivity index (χ4v) is 3.07. The van der Waals surface area contributed by atoms with Gasteiger partial charge in [0, 0.05) is 16.1 Å². The van der Waals surface area contributed by atoms with Crippen LogP contribution in [0.4, 0.5) is 0 Å². The van der Waals surface area contributed by atoms with E-state index in [-0.39, 0.29) is 11.9 Å². The van der Waals surface area contributed by atoms with Gasteiger partial charge in [0.1, 0.15) is 24.7 Å². The van der Waals surface area contributed by atoms with E-state index in [0.29, 0.717) is 29.5 Å². The molecule has 3 aromatic carbocycles. The molecule has 5 heteroatoms. The van der Waals surface area contributed by atoms with Gasteiger partial charge >= 0.3 is 0 Å². The number of rotatable bonds is 8. The number of hydrogen-bond acceptors (Lipinski definition) is 3. The Morgan fingerprint density at radius 2 is 1.70 bits per heavy atom. The Balaban J connectivity index is 1.53. The molecule has 0 unspecified atom stereocenters. The normalized spacial score (nSPS) is 11.6. The highest BCUT2D eigenvalue weighted by atomic mass is 35.5. The van der Waals surface area contributed by atoms with Gasteiger partial charge in [-0.15, -0.1) is 0 Å². The highest BCUT2D eigenvalue weighted by Crippen LogP contribution is 2.20. The van der Waals surface area contributed by atoms with Crippen molar-refractivity contribution in [3.63, 3.8) is 0 Å². The molecular formula is C25H26ClNO3. The number of carbonyl (C=O) groups is 1. The minimum absolute atomic E-state index is 0.146. The first-order valence-corrected chi connectivity index (χ1v) is 10.3. The van der Waals surface area contributed by atoms with Crippen LogP contribution in [0.15, 0.2) is 66.7 Å². The summed E-state index contributed by atoms with van der Waals surface area (Å²) in [6.45, 7) is 6.75. The molecule has 1 amide bonds. The Morgan fingerprint density at radius 3 is 2.47 bits per heavy atom. The van der Waals surface area contributed by atoms with Gasteiger partial charge < -0.3 is 14.8 Å². The summed E-state index contributed by atoms with van der Waals surface area (Å²) in [6, 6.07) is 20.5. The number of nitrogens with one attached hydrogen (secondary N) is 1. The SMILES string of the molecule is Cc1ccc(OC[C@@H](C)NC(=O)c2cccc(OCc3ccccc3Cl)c2)cc1C. The summed E-state index contributed by atoms with van der Waals surface area (Å²) < 4.78 is 11.6. The van der Waals surface area contributed by atoms with Crippen molar-refractivity contribution in [2.24, 2.45) is 0 Å². The van der Waals surface area contributed by atoms with Crippen molar-refractivity contribution in [2.45, 2.75) is 33.4 Å². The summed E-state index contributed by atoms with van der Waals surface area (Å²) in [5, 5.41) is 3.62. The van der Waals surface area contributed by atoms with Crippen LogP contribution >= 0.6 is 11.6 Å². The van der Waals surface area contributed by atoms with Gasteiger partial charge in [-0.1, -0.05) is 41.9 Å². The van der Waals surface area contributed by atoms with E-state index in [1.165, 1.54) is 11.1 Å². The summed E-state index contributed by atoms with van der Waals surface area (Å²) >= 11 is 6.16. The van der Waals surface area contributed by atoms with Crippen molar-refractivity contribution < 1.29 is 14.3 Å². The van der Waals surface area contributed by atoms with Gasteiger partial charge in [0.2, 0.25) is 0 Å². The smallest absolute Gasteiger partial charge is 0.251 e. The number of amides is 1. The summed E-state index contributed by atoms with van der Waals surface area (Å²) in [7, 11) is 0. The molecule has 0 aromatic heterocycles. The molecule has 0 aliphatic heterocycles. The Kier molecular flexibility index (Phi) is 7.36. The Labute approximate surface area is 182 Å². The van der Waals surface area contributed by atoms with Crippen LogP contribution < -0.4 is 14.8 Å². The van der Waals surface area contributed by atoms with Crippen LogP contribution in [-0.2, 0) is 6.61 Å². The maximum Gasteiger partial charge on any atom is 0.251 e. The third-order valence-electron chi connectivity index (χ3n) is 4.80. The number of carbonyl (C=O) groups excluding carboxylic acids is 1. The van der Waals surface area contributed by atoms with E-state index in [0.717, 1.165) is 11.3 Å². The molecule has 0 aliphatic rings. The molecule has 0 fully saturated rings. The van der Waals surface area contributed by atoms with Crippen LogP contribution in [0.2, 0.25) is 5.02 Å². The van der Waals surface area contributed by atoms with Gasteiger partial charge in [0.25, 0.3) is 5.91 Å². The second-order valence-corrected chi connectivity index (χ2v) is 7.75. The molecule has 1 atom stereocenters. The topological polar surface area (TPSA) is 47.6 Å². The average Bonchev–Trinajstić information content (AvgIpc) is 2.74. The molecular weight excluding hydrogens is 398 g/mol. The van der Waals surface area contributed by atoms with Gasteiger partial charge in [0.05, 0.1) is 6.04 Å². The van der Waals surface area contributed by atoms with E-state index >= 15 is 0 Å². The van der Waals surface area contributed by atoms with E-state index in [1.54, 1.807) is 18.2 Å². The van der Waals surface area contributed by atoms with Crippen LogP contribution in [0.25, 0.3) is 0 Å². The molecule has 0 bridgehead atoms. The zero-order chi connectivity index (χ0) is 21.5. The van der Waals surface area contributed by atoms with Crippen molar-refractivity contribution in [3.8, 4) is 11.5 Å². The lowest BCUT2D eigenvalue weighted by atomic mass is 10.1. The summed E-state index contributed by atoms with van der Waals surface area (Å²) in [5.41, 5.74) is 3.83. The lowest BCUT2D eigenvalue weighted by molar-refractivity contribution is 0.0926. The van der Waals surface area contributed by atoms with Gasteiger partial charge in [0.15, 0.2) is 0 Å². The molecule has 30 heavy (non-hydrogen) atoms. The Morgan fingerprint density at radius 1 is 0.933 bits per heavy atom. The first kappa shape index (κ1) is 21.7. The molecule has 0 saturated heterocycles. The first-order valence-electron chi connectivity index (χ1n) is 9.89. The van der Waals surface area contributed by atoms with Gasteiger partial charge in [-0.2, -0.15) is 0 Å². The lowest BCUT2D eigenvalue weighted by Crippen LogP contribution is -2.36. The maximum absolute atomic E-state index is 12.6. The van der Waals surface area contributed by atoms with Crippen LogP contribution in [0.1, 0.15) is 34.0 Å². The molecule has 0 spiro atoms. The number of ether oxygens (including phenoxy) is 2. The van der Waals surface area contributed by atoms with Gasteiger partial charge in [-0.25, -0.2) is 0 Å². The molecule has 1 N–H and O–H groups in total. The summed E-state index contributed by atoms with van der Waals surface area (Å²) in [6.07, 6.45) is 0. The molecule has 0 heterocycles. The van der Waals surface area contributed by atoms with E-state index in [1.807, 2.05) is 62.4 Å². The first-order chi connectivity index (χ1) is 14.4. The Hall–Kier alpha value is -2.98. The van der Waals surface area contributed by atoms with Crippen LogP contribution in [0, 0.1) is 13.8 Å². The monoisotopic (exact) mass is 423 g/mol. The van der Waals surface area contributed by atoms with Gasteiger partial charge in [-0.3, -0.25) is 4.79 Å². The number of hydrogen-bond donors (Lipinski definition) is 1. The second-order valence-electron chi connectivity index (χ2n) is 7.34. The van der Waals surface area contributed by atoms with Gasteiger partial charge in [-0.05, 0) is 68.3 Å². The molecule has 0 saturated carbocycles. The van der Waals surface area contributed by atoms with Crippen molar-refractivity contribution >= 4 is 17.5 Å². The quantitative estimate of drug-likeness (QED) is 0.503. The zero-order valence-electron chi connectivity index (χ0n) is 17.4. The van der Waals surface area contributed by atoms with E-state index in [9.17, 15) is 4.79 Å². The van der Waals surface area contributed by atoms with Crippen LogP contribution in [0.3, 0.4) is 0 Å². The zero-order valence-corrected chi connectivity index (χ0v) is 18.2. The van der Waals surface area contributed by atoms with Crippen molar-refractivity contribution in [1.29, 1.82) is 0 Å². The minimum Gasteiger partial charge on any atom is -0.491 e. The molecule has 156 valence electrons. The highest BCUT2D eigenvalue weighted by Gasteiger charge is 2.12. The highest BCUT2D eigenvalue weighted by molar-refractivity contribution is 6.31. The largest absolute Gasteiger partial charge is 0.491 e. The summed E-state index contributed by atoms with van der Waals surface area (Å²) in [5.74, 6) is 1.24. The molecule has 3 aromatic rings. The average molecular weight is 424 g/mol. The van der Waals surface area contributed by atoms with E-state index in [2.05, 4.69) is 12.2 Å². The van der Waals surface area contributed by atoms with Crippen molar-refractivity contribution in [2.75, 3.05) is 6.61 Å². The minimum atomic E-state index is -0.172. The summed E-state index contributed by atoms with van der Waals surface area (Å²) in [4.78, 5) is 12.6. The third kappa shape index (κ3) is 6.01. The predicted molar refractivity (Wildman–Crippen MR) is 121 cm³/mol. The van der Waals surface area contributed by atoms with Crippen LogP contribution in [-0.4, -0.2) is 18.6 Å². The van der Waals surface area contributed by atoms with Crippen molar-refractivity contribution in [1.82, 2.24) is 5.32 Å². The molecule has 0 aliphatic carbocycles. The standard InChI is InChI=1S/C25H26ClNO3/c1-17-11-12-23(13-18(17)2)29-15-19(3)27-25(28)20-8-6-9-22(14-20)30-16-21-7-4-5-10-24(21)26/h4-14,19H,15-16H2,1-3H3,(H,27,28)/t19-/m1/s1. The number of aryl methyl sites for hydroxylation is 2. The molecule has 4 nitrogen and oxygen atoms in total. The second kappa shape index (κ2) is 10.2. The third-order valence-corrected chi connectivity index (χ3v) is 5.17. The molecule has 3 rings (SSSR count). The van der Waals surface area contributed by atoms with Crippen molar-refractivity contribution in [3.05, 3.63) is 94.0 Å². The van der Waals surface area contributed by atoms with E-state index in [4.69, 9.17) is 21.1 Å². The fraction of sp³-hybridized carbons (Fsp3) is 0.240.